The second-order valence-corrected chi connectivity index (χ2v) is 9.09. The molecule has 0 atom stereocenters. The molecule has 2 aliphatic rings. The van der Waals surface area contributed by atoms with Crippen LogP contribution in [0.1, 0.15) is 57.4 Å². The normalized spacial score (nSPS) is 17.3. The van der Waals surface area contributed by atoms with Crippen LogP contribution in [0.5, 0.6) is 11.5 Å². The van der Waals surface area contributed by atoms with Crippen molar-refractivity contribution in [2.24, 2.45) is 0 Å². The van der Waals surface area contributed by atoms with Crippen molar-refractivity contribution in [3.63, 3.8) is 0 Å². The van der Waals surface area contributed by atoms with Crippen molar-refractivity contribution in [2.75, 3.05) is 19.7 Å². The van der Waals surface area contributed by atoms with Gasteiger partial charge in [-0.25, -0.2) is 0 Å². The molecule has 0 radical (unpaired) electrons. The number of ketones is 1. The lowest BCUT2D eigenvalue weighted by Gasteiger charge is -2.44. The van der Waals surface area contributed by atoms with Crippen molar-refractivity contribution >= 4 is 11.7 Å². The third-order valence-corrected chi connectivity index (χ3v) is 7.02. The van der Waals surface area contributed by atoms with E-state index in [1.165, 1.54) is 0 Å². The molecule has 1 fully saturated rings. The molecule has 0 bridgehead atoms. The second-order valence-electron chi connectivity index (χ2n) is 9.09. The summed E-state index contributed by atoms with van der Waals surface area (Å²) in [6, 6.07) is 7.94. The Balaban J connectivity index is 1.41. The molecule has 5 heteroatoms. The molecule has 0 unspecified atom stereocenters. The van der Waals surface area contributed by atoms with Crippen LogP contribution >= 0.6 is 0 Å². The highest BCUT2D eigenvalue weighted by molar-refractivity contribution is 6.01. The van der Waals surface area contributed by atoms with E-state index < -0.39 is 5.60 Å². The van der Waals surface area contributed by atoms with E-state index in [0.29, 0.717) is 37.9 Å². The number of ether oxygens (including phenoxy) is 2. The molecule has 2 aromatic carbocycles. The highest BCUT2D eigenvalue weighted by Gasteiger charge is 2.44. The molecule has 0 aliphatic carbocycles. The number of amides is 1. The highest BCUT2D eigenvalue weighted by atomic mass is 16.5. The minimum absolute atomic E-state index is 0.0234. The van der Waals surface area contributed by atoms with E-state index in [2.05, 4.69) is 6.07 Å². The average molecular weight is 422 g/mol. The molecule has 2 aromatic rings. The maximum absolute atomic E-state index is 12.8. The number of benzene rings is 2. The Morgan fingerprint density at radius 1 is 0.968 bits per heavy atom. The summed E-state index contributed by atoms with van der Waals surface area (Å²) < 4.78 is 12.4. The number of carbonyl (C=O) groups excluding carboxylic acids is 2. The van der Waals surface area contributed by atoms with Gasteiger partial charge < -0.3 is 14.4 Å². The van der Waals surface area contributed by atoms with E-state index in [9.17, 15) is 9.59 Å². The number of hydrogen-bond donors (Lipinski definition) is 0. The molecular formula is C26H31NO4. The van der Waals surface area contributed by atoms with E-state index in [0.717, 1.165) is 39.3 Å². The minimum atomic E-state index is -0.510. The first-order valence-corrected chi connectivity index (χ1v) is 11.0. The number of Topliss-reactive ketones (excluding diaryl/α,β-unsaturated/α-hetero) is 1. The van der Waals surface area contributed by atoms with E-state index in [4.69, 9.17) is 9.47 Å². The van der Waals surface area contributed by atoms with Gasteiger partial charge in [-0.2, -0.15) is 0 Å². The molecule has 2 heterocycles. The Hall–Kier alpha value is -2.82. The van der Waals surface area contributed by atoms with Crippen molar-refractivity contribution < 1.29 is 19.1 Å². The first-order chi connectivity index (χ1) is 14.7. The Bertz CT molecular complexity index is 1050. The SMILES string of the molecule is Cc1ccc(C)c(OCC(=O)N2CCC3(CC2)CC(=O)c2ccc(C)c(C)c2O3)c1C. The first kappa shape index (κ1) is 21.4. The van der Waals surface area contributed by atoms with Crippen molar-refractivity contribution in [3.05, 3.63) is 57.6 Å². The van der Waals surface area contributed by atoms with Crippen molar-refractivity contribution in [2.45, 2.75) is 59.5 Å². The first-order valence-electron chi connectivity index (χ1n) is 11.0. The quantitative estimate of drug-likeness (QED) is 0.725. The Morgan fingerprint density at radius 2 is 1.58 bits per heavy atom. The summed E-state index contributed by atoms with van der Waals surface area (Å²) >= 11 is 0. The predicted molar refractivity (Wildman–Crippen MR) is 120 cm³/mol. The van der Waals surface area contributed by atoms with Crippen LogP contribution in [0.25, 0.3) is 0 Å². The highest BCUT2D eigenvalue weighted by Crippen LogP contribution is 2.41. The molecule has 2 aliphatic heterocycles. The molecule has 0 saturated carbocycles. The number of hydrogen-bond acceptors (Lipinski definition) is 4. The zero-order valence-electron chi connectivity index (χ0n) is 19.1. The maximum Gasteiger partial charge on any atom is 0.260 e. The molecule has 1 spiro atoms. The summed E-state index contributed by atoms with van der Waals surface area (Å²) in [5.41, 5.74) is 5.58. The van der Waals surface area contributed by atoms with Crippen LogP contribution < -0.4 is 9.47 Å². The van der Waals surface area contributed by atoms with Gasteiger partial charge in [0, 0.05) is 25.9 Å². The molecule has 0 N–H and O–H groups in total. The van der Waals surface area contributed by atoms with Gasteiger partial charge >= 0.3 is 0 Å². The Morgan fingerprint density at radius 3 is 2.29 bits per heavy atom. The van der Waals surface area contributed by atoms with Crippen LogP contribution in [-0.2, 0) is 4.79 Å². The minimum Gasteiger partial charge on any atom is -0.486 e. The standard InChI is InChI=1S/C26H31NO4/c1-16-6-7-18(3)24(19(16)4)30-15-23(29)27-12-10-26(11-13-27)14-22(28)21-9-8-17(2)20(5)25(21)31-26/h6-9H,10-15H2,1-5H3. The predicted octanol–water partition coefficient (Wildman–Crippen LogP) is 4.63. The van der Waals surface area contributed by atoms with Gasteiger partial charge in [-0.05, 0) is 68.5 Å². The Kier molecular flexibility index (Phi) is 5.54. The lowest BCUT2D eigenvalue weighted by Crippen LogP contribution is -2.53. The molecule has 1 saturated heterocycles. The lowest BCUT2D eigenvalue weighted by molar-refractivity contribution is -0.137. The van der Waals surface area contributed by atoms with E-state index >= 15 is 0 Å². The summed E-state index contributed by atoms with van der Waals surface area (Å²) in [6.45, 7) is 11.3. The van der Waals surface area contributed by atoms with Crippen molar-refractivity contribution in [3.8, 4) is 11.5 Å². The van der Waals surface area contributed by atoms with Crippen molar-refractivity contribution in [1.82, 2.24) is 4.90 Å². The number of carbonyl (C=O) groups is 2. The number of nitrogens with zero attached hydrogens (tertiary/aromatic N) is 1. The number of rotatable bonds is 3. The topological polar surface area (TPSA) is 55.8 Å². The molecule has 0 aromatic heterocycles. The van der Waals surface area contributed by atoms with Gasteiger partial charge in [0.15, 0.2) is 12.4 Å². The zero-order valence-corrected chi connectivity index (χ0v) is 19.1. The summed E-state index contributed by atoms with van der Waals surface area (Å²) in [6.07, 6.45) is 1.68. The van der Waals surface area contributed by atoms with E-state index in [-0.39, 0.29) is 18.3 Å². The number of piperidine rings is 1. The fourth-order valence-electron chi connectivity index (χ4n) is 4.60. The monoisotopic (exact) mass is 421 g/mol. The van der Waals surface area contributed by atoms with E-state index in [1.807, 2.05) is 57.7 Å². The molecule has 164 valence electrons. The van der Waals surface area contributed by atoms with Gasteiger partial charge in [0.25, 0.3) is 5.91 Å². The van der Waals surface area contributed by atoms with Gasteiger partial charge in [-0.3, -0.25) is 9.59 Å². The summed E-state index contributed by atoms with van der Waals surface area (Å²) in [5.74, 6) is 1.64. The molecule has 31 heavy (non-hydrogen) atoms. The van der Waals surface area contributed by atoms with Gasteiger partial charge in [0.05, 0.1) is 12.0 Å². The molecule has 4 rings (SSSR count). The molecule has 1 amide bonds. The van der Waals surface area contributed by atoms with Crippen molar-refractivity contribution in [1.29, 1.82) is 0 Å². The van der Waals surface area contributed by atoms with Crippen LogP contribution in [0, 0.1) is 34.6 Å². The second kappa shape index (κ2) is 8.03. The third-order valence-electron chi connectivity index (χ3n) is 7.02. The fourth-order valence-corrected chi connectivity index (χ4v) is 4.60. The van der Waals surface area contributed by atoms with Gasteiger partial charge in [-0.1, -0.05) is 18.2 Å². The number of aryl methyl sites for hydroxylation is 3. The number of fused-ring (bicyclic) bond motifs is 1. The fraction of sp³-hybridized carbons (Fsp3) is 0.462. The maximum atomic E-state index is 12.8. The van der Waals surface area contributed by atoms with Crippen LogP contribution in [0.4, 0.5) is 0 Å². The zero-order chi connectivity index (χ0) is 22.3. The van der Waals surface area contributed by atoms with Gasteiger partial charge in [-0.15, -0.1) is 0 Å². The number of likely N-dealkylation sites (tertiary alicyclic amines) is 1. The van der Waals surface area contributed by atoms with Gasteiger partial charge in [0.1, 0.15) is 17.1 Å². The third kappa shape index (κ3) is 3.93. The summed E-state index contributed by atoms with van der Waals surface area (Å²) in [7, 11) is 0. The van der Waals surface area contributed by atoms with Crippen LogP contribution in [-0.4, -0.2) is 41.9 Å². The smallest absolute Gasteiger partial charge is 0.260 e. The van der Waals surface area contributed by atoms with E-state index in [1.54, 1.807) is 0 Å². The van der Waals surface area contributed by atoms with Crippen LogP contribution in [0.3, 0.4) is 0 Å². The largest absolute Gasteiger partial charge is 0.486 e. The lowest BCUT2D eigenvalue weighted by atomic mass is 9.81. The average Bonchev–Trinajstić information content (AvgIpc) is 2.74. The summed E-state index contributed by atoms with van der Waals surface area (Å²) in [4.78, 5) is 27.4. The van der Waals surface area contributed by atoms with Crippen LogP contribution in [0.15, 0.2) is 24.3 Å². The molecule has 5 nitrogen and oxygen atoms in total. The summed E-state index contributed by atoms with van der Waals surface area (Å²) in [5, 5.41) is 0. The van der Waals surface area contributed by atoms with Crippen LogP contribution in [0.2, 0.25) is 0 Å². The Labute approximate surface area is 184 Å². The molecular weight excluding hydrogens is 390 g/mol. The van der Waals surface area contributed by atoms with Gasteiger partial charge in [0.2, 0.25) is 0 Å².